The van der Waals surface area contributed by atoms with Crippen molar-refractivity contribution in [1.29, 1.82) is 0 Å². The number of halogens is 1. The van der Waals surface area contributed by atoms with Crippen LogP contribution in [0, 0.1) is 0 Å². The van der Waals surface area contributed by atoms with E-state index in [1.807, 2.05) is 24.3 Å². The van der Waals surface area contributed by atoms with Crippen LogP contribution in [0.2, 0.25) is 0 Å². The van der Waals surface area contributed by atoms with Crippen molar-refractivity contribution in [2.24, 2.45) is 0 Å². The van der Waals surface area contributed by atoms with Crippen LogP contribution in [0.3, 0.4) is 0 Å². The Balaban J connectivity index is 2.18. The normalized spacial score (nSPS) is 10.3. The van der Waals surface area contributed by atoms with E-state index in [4.69, 9.17) is 5.73 Å². The number of carbonyl (C=O) groups is 1. The van der Waals surface area contributed by atoms with Gasteiger partial charge in [-0.05, 0) is 40.2 Å². The van der Waals surface area contributed by atoms with Crippen molar-refractivity contribution in [3.05, 3.63) is 50.6 Å². The molecule has 0 bridgehead atoms. The largest absolute Gasteiger partial charge is 0.398 e. The second kappa shape index (κ2) is 4.80. The third-order valence-corrected chi connectivity index (χ3v) is 3.85. The number of hydrogen-bond acceptors (Lipinski definition) is 3. The predicted molar refractivity (Wildman–Crippen MR) is 70.9 cm³/mol. The molecule has 2 aromatic rings. The van der Waals surface area contributed by atoms with E-state index in [0.717, 1.165) is 8.66 Å². The Labute approximate surface area is 106 Å². The molecule has 1 aromatic heterocycles. The fourth-order valence-electron chi connectivity index (χ4n) is 1.45. The molecule has 0 atom stereocenters. The highest BCUT2D eigenvalue weighted by Crippen LogP contribution is 2.24. The fraction of sp³-hybridized carbons (Fsp3) is 0.0833. The fourth-order valence-corrected chi connectivity index (χ4v) is 2.93. The van der Waals surface area contributed by atoms with E-state index >= 15 is 0 Å². The summed E-state index contributed by atoms with van der Waals surface area (Å²) in [5.74, 6) is 0.0625. The molecule has 16 heavy (non-hydrogen) atoms. The van der Waals surface area contributed by atoms with E-state index in [2.05, 4.69) is 15.9 Å². The van der Waals surface area contributed by atoms with Crippen molar-refractivity contribution in [3.63, 3.8) is 0 Å². The summed E-state index contributed by atoms with van der Waals surface area (Å²) in [4.78, 5) is 13.0. The molecule has 2 nitrogen and oxygen atoms in total. The number of ketones is 1. The molecule has 2 rings (SSSR count). The van der Waals surface area contributed by atoms with Crippen LogP contribution in [0.1, 0.15) is 15.2 Å². The van der Waals surface area contributed by atoms with Gasteiger partial charge in [-0.15, -0.1) is 11.3 Å². The van der Waals surface area contributed by atoms with Gasteiger partial charge in [0.2, 0.25) is 0 Å². The van der Waals surface area contributed by atoms with Crippen molar-refractivity contribution >= 4 is 38.7 Å². The Hall–Kier alpha value is -1.13. The molecular weight excluding hydrogens is 286 g/mol. The first-order valence-electron chi connectivity index (χ1n) is 4.79. The lowest BCUT2D eigenvalue weighted by Crippen LogP contribution is -2.05. The van der Waals surface area contributed by atoms with Crippen LogP contribution in [-0.2, 0) is 6.42 Å². The maximum Gasteiger partial charge on any atom is 0.170 e. The van der Waals surface area contributed by atoms with Gasteiger partial charge in [0.15, 0.2) is 5.78 Å². The number of para-hydroxylation sites is 1. The van der Waals surface area contributed by atoms with Crippen LogP contribution < -0.4 is 5.73 Å². The zero-order valence-corrected chi connectivity index (χ0v) is 10.8. The number of benzene rings is 1. The predicted octanol–water partition coefficient (Wildman–Crippen LogP) is 3.52. The number of anilines is 1. The maximum absolute atomic E-state index is 12.0. The smallest absolute Gasteiger partial charge is 0.170 e. The molecule has 82 valence electrons. The molecule has 0 unspecified atom stereocenters. The van der Waals surface area contributed by atoms with Crippen LogP contribution in [-0.4, -0.2) is 5.78 Å². The molecule has 2 N–H and O–H groups in total. The van der Waals surface area contributed by atoms with Gasteiger partial charge in [0, 0.05) is 22.5 Å². The summed E-state index contributed by atoms with van der Waals surface area (Å²) in [6.45, 7) is 0. The van der Waals surface area contributed by atoms with Gasteiger partial charge in [0.1, 0.15) is 0 Å². The maximum atomic E-state index is 12.0. The minimum atomic E-state index is 0.0625. The highest BCUT2D eigenvalue weighted by atomic mass is 79.9. The van der Waals surface area contributed by atoms with Crippen molar-refractivity contribution in [2.75, 3.05) is 5.73 Å². The highest BCUT2D eigenvalue weighted by Gasteiger charge is 2.10. The van der Waals surface area contributed by atoms with E-state index in [-0.39, 0.29) is 5.78 Å². The number of thiophene rings is 1. The zero-order chi connectivity index (χ0) is 11.5. The Morgan fingerprint density at radius 3 is 2.62 bits per heavy atom. The highest BCUT2D eigenvalue weighted by molar-refractivity contribution is 9.11. The molecule has 1 aromatic carbocycles. The van der Waals surface area contributed by atoms with Crippen molar-refractivity contribution in [3.8, 4) is 0 Å². The average Bonchev–Trinajstić information content (AvgIpc) is 2.64. The molecule has 0 aliphatic rings. The van der Waals surface area contributed by atoms with Crippen LogP contribution in [0.5, 0.6) is 0 Å². The molecule has 0 fully saturated rings. The molecule has 0 aliphatic heterocycles. The second-order valence-corrected chi connectivity index (χ2v) is 5.94. The number of nitrogens with two attached hydrogens (primary N) is 1. The van der Waals surface area contributed by atoms with Gasteiger partial charge < -0.3 is 5.73 Å². The Bertz CT molecular complexity index is 521. The monoisotopic (exact) mass is 295 g/mol. The molecule has 4 heteroatoms. The summed E-state index contributed by atoms with van der Waals surface area (Å²) < 4.78 is 1.04. The molecular formula is C12H10BrNOS. The van der Waals surface area contributed by atoms with Gasteiger partial charge >= 0.3 is 0 Å². The first-order valence-corrected chi connectivity index (χ1v) is 6.39. The first-order chi connectivity index (χ1) is 7.66. The topological polar surface area (TPSA) is 43.1 Å². The molecule has 0 radical (unpaired) electrons. The van der Waals surface area contributed by atoms with E-state index in [9.17, 15) is 4.79 Å². The van der Waals surface area contributed by atoms with E-state index in [1.165, 1.54) is 0 Å². The first kappa shape index (κ1) is 11.4. The van der Waals surface area contributed by atoms with Gasteiger partial charge in [0.25, 0.3) is 0 Å². The Kier molecular flexibility index (Phi) is 3.41. The lowest BCUT2D eigenvalue weighted by atomic mass is 10.1. The summed E-state index contributed by atoms with van der Waals surface area (Å²) in [7, 11) is 0. The molecule has 0 saturated heterocycles. The summed E-state index contributed by atoms with van der Waals surface area (Å²) in [6.07, 6.45) is 0.407. The number of nitrogen functional groups attached to an aromatic ring is 1. The molecule has 1 heterocycles. The molecule has 0 spiro atoms. The van der Waals surface area contributed by atoms with Crippen LogP contribution >= 0.6 is 27.3 Å². The molecule has 0 aliphatic carbocycles. The number of rotatable bonds is 3. The SMILES string of the molecule is Nc1ccccc1C(=O)Cc1ccc(Br)s1. The average molecular weight is 296 g/mol. The Morgan fingerprint density at radius 1 is 1.25 bits per heavy atom. The summed E-state index contributed by atoms with van der Waals surface area (Å²) in [5, 5.41) is 0. The minimum Gasteiger partial charge on any atom is -0.398 e. The number of carbonyl (C=O) groups excluding carboxylic acids is 1. The zero-order valence-electron chi connectivity index (χ0n) is 8.44. The van der Waals surface area contributed by atoms with E-state index in [0.29, 0.717) is 17.7 Å². The lowest BCUT2D eigenvalue weighted by Gasteiger charge is -2.02. The van der Waals surface area contributed by atoms with E-state index in [1.54, 1.807) is 23.5 Å². The minimum absolute atomic E-state index is 0.0625. The second-order valence-electron chi connectivity index (χ2n) is 3.39. The summed E-state index contributed by atoms with van der Waals surface area (Å²) in [6, 6.07) is 11.1. The van der Waals surface area contributed by atoms with Crippen LogP contribution in [0.25, 0.3) is 0 Å². The molecule has 0 amide bonds. The number of Topliss-reactive ketones (excluding diaryl/α,β-unsaturated/α-hetero) is 1. The van der Waals surface area contributed by atoms with Crippen molar-refractivity contribution in [1.82, 2.24) is 0 Å². The lowest BCUT2D eigenvalue weighted by molar-refractivity contribution is 0.0994. The quantitative estimate of drug-likeness (QED) is 0.695. The Morgan fingerprint density at radius 2 is 2.00 bits per heavy atom. The van der Waals surface area contributed by atoms with Gasteiger partial charge in [-0.25, -0.2) is 0 Å². The standard InChI is InChI=1S/C12H10BrNOS/c13-12-6-5-8(16-12)7-11(15)9-3-1-2-4-10(9)14/h1-6H,7,14H2. The van der Waals surface area contributed by atoms with Gasteiger partial charge in [0.05, 0.1) is 3.79 Å². The van der Waals surface area contributed by atoms with Gasteiger partial charge in [-0.2, -0.15) is 0 Å². The van der Waals surface area contributed by atoms with Crippen LogP contribution in [0.4, 0.5) is 5.69 Å². The van der Waals surface area contributed by atoms with Gasteiger partial charge in [-0.3, -0.25) is 4.79 Å². The van der Waals surface area contributed by atoms with Gasteiger partial charge in [-0.1, -0.05) is 12.1 Å². The molecule has 0 saturated carbocycles. The van der Waals surface area contributed by atoms with E-state index < -0.39 is 0 Å². The third-order valence-electron chi connectivity index (χ3n) is 2.22. The van der Waals surface area contributed by atoms with Crippen molar-refractivity contribution in [2.45, 2.75) is 6.42 Å². The van der Waals surface area contributed by atoms with Crippen molar-refractivity contribution < 1.29 is 4.79 Å². The number of hydrogen-bond donors (Lipinski definition) is 1. The summed E-state index contributed by atoms with van der Waals surface area (Å²) in [5.41, 5.74) is 6.90. The third kappa shape index (κ3) is 2.51. The summed E-state index contributed by atoms with van der Waals surface area (Å²) >= 11 is 4.95. The van der Waals surface area contributed by atoms with Crippen LogP contribution in [0.15, 0.2) is 40.2 Å².